The molecule has 0 aliphatic carbocycles. The minimum atomic E-state index is -1.13. The Morgan fingerprint density at radius 3 is 2.72 bits per heavy atom. The number of amides is 1. The predicted molar refractivity (Wildman–Crippen MR) is 63.2 cm³/mol. The number of carboxylic acids is 1. The zero-order valence-electron chi connectivity index (χ0n) is 9.87. The molecule has 0 saturated carbocycles. The van der Waals surface area contributed by atoms with Crippen molar-refractivity contribution in [3.63, 3.8) is 0 Å². The van der Waals surface area contributed by atoms with Crippen molar-refractivity contribution in [2.75, 3.05) is 13.1 Å². The van der Waals surface area contributed by atoms with Crippen LogP contribution < -0.4 is 5.56 Å². The van der Waals surface area contributed by atoms with E-state index in [1.54, 1.807) is 0 Å². The Balaban J connectivity index is 3.00. The van der Waals surface area contributed by atoms with Crippen LogP contribution in [0.2, 0.25) is 0 Å². The van der Waals surface area contributed by atoms with Crippen molar-refractivity contribution in [3.05, 3.63) is 40.8 Å². The number of carboxylic acid groups (broad SMARTS) is 1. The molecule has 1 rings (SSSR count). The highest BCUT2D eigenvalue weighted by molar-refractivity contribution is 5.94. The number of carbonyl (C=O) groups excluding carboxylic acids is 1. The van der Waals surface area contributed by atoms with E-state index in [1.807, 2.05) is 0 Å². The molecule has 0 radical (unpaired) electrons. The Morgan fingerprint density at radius 2 is 2.22 bits per heavy atom. The number of hydrogen-bond acceptors (Lipinski definition) is 4. The van der Waals surface area contributed by atoms with Gasteiger partial charge in [-0.1, -0.05) is 6.08 Å². The number of aliphatic carboxylic acids is 1. The highest BCUT2D eigenvalue weighted by Crippen LogP contribution is 2.00. The summed E-state index contributed by atoms with van der Waals surface area (Å²) in [6.07, 6.45) is 1.42. The van der Waals surface area contributed by atoms with Gasteiger partial charge in [0.25, 0.3) is 11.5 Å². The zero-order valence-corrected chi connectivity index (χ0v) is 9.87. The third-order valence-electron chi connectivity index (χ3n) is 2.14. The number of aromatic nitrogens is 2. The Labute approximate surface area is 103 Å². The molecule has 0 spiro atoms. The molecule has 0 aromatic carbocycles. The van der Waals surface area contributed by atoms with Crippen LogP contribution in [0.1, 0.15) is 10.5 Å². The summed E-state index contributed by atoms with van der Waals surface area (Å²) in [5, 5.41) is 12.5. The second-order valence-electron chi connectivity index (χ2n) is 3.55. The minimum absolute atomic E-state index is 0.0141. The lowest BCUT2D eigenvalue weighted by Crippen LogP contribution is -2.37. The summed E-state index contributed by atoms with van der Waals surface area (Å²) in [6.45, 7) is 3.10. The molecule has 96 valence electrons. The fourth-order valence-corrected chi connectivity index (χ4v) is 1.32. The third kappa shape index (κ3) is 3.27. The first-order valence-corrected chi connectivity index (χ1v) is 5.12. The van der Waals surface area contributed by atoms with E-state index in [0.29, 0.717) is 0 Å². The Bertz CT molecular complexity index is 535. The molecule has 1 N–H and O–H groups in total. The molecule has 0 bridgehead atoms. The number of hydrogen-bond donors (Lipinski definition) is 1. The molecule has 7 heteroatoms. The summed E-state index contributed by atoms with van der Waals surface area (Å²) in [5.41, 5.74) is -0.333. The van der Waals surface area contributed by atoms with Crippen molar-refractivity contribution in [1.29, 1.82) is 0 Å². The van der Waals surface area contributed by atoms with E-state index in [9.17, 15) is 14.4 Å². The molecule has 0 fully saturated rings. The molecular weight excluding hydrogens is 238 g/mol. The standard InChI is InChI=1S/C11H13N3O4/c1-3-6-14(7-10(16)17)11(18)8-4-5-9(15)13(2)12-8/h3-5H,1,6-7H2,2H3,(H,16,17). The molecule has 1 amide bonds. The summed E-state index contributed by atoms with van der Waals surface area (Å²) in [5.74, 6) is -1.69. The van der Waals surface area contributed by atoms with Gasteiger partial charge in [-0.15, -0.1) is 6.58 Å². The van der Waals surface area contributed by atoms with E-state index >= 15 is 0 Å². The van der Waals surface area contributed by atoms with Crippen LogP contribution in [0.4, 0.5) is 0 Å². The first kappa shape index (κ1) is 13.6. The molecule has 0 atom stereocenters. The highest BCUT2D eigenvalue weighted by Gasteiger charge is 2.19. The predicted octanol–water partition coefficient (Wildman–Crippen LogP) is -0.507. The molecule has 0 unspecified atom stereocenters. The molecule has 1 aromatic rings. The van der Waals surface area contributed by atoms with Gasteiger partial charge in [-0.3, -0.25) is 14.4 Å². The third-order valence-corrected chi connectivity index (χ3v) is 2.14. The summed E-state index contributed by atoms with van der Waals surface area (Å²) in [7, 11) is 1.41. The van der Waals surface area contributed by atoms with Gasteiger partial charge in [0.15, 0.2) is 0 Å². The first-order valence-electron chi connectivity index (χ1n) is 5.12. The van der Waals surface area contributed by atoms with Gasteiger partial charge in [0.1, 0.15) is 12.2 Å². The van der Waals surface area contributed by atoms with Gasteiger partial charge < -0.3 is 10.0 Å². The normalized spacial score (nSPS) is 9.83. The number of nitrogens with zero attached hydrogens (tertiary/aromatic N) is 3. The van der Waals surface area contributed by atoms with E-state index in [2.05, 4.69) is 11.7 Å². The Hall–Kier alpha value is -2.44. The maximum absolute atomic E-state index is 12.0. The minimum Gasteiger partial charge on any atom is -0.480 e. The average Bonchev–Trinajstić information content (AvgIpc) is 2.31. The van der Waals surface area contributed by atoms with Gasteiger partial charge in [-0.25, -0.2) is 4.68 Å². The maximum Gasteiger partial charge on any atom is 0.323 e. The van der Waals surface area contributed by atoms with Gasteiger partial charge in [-0.05, 0) is 6.07 Å². The summed E-state index contributed by atoms with van der Waals surface area (Å²) >= 11 is 0. The van der Waals surface area contributed by atoms with Crippen molar-refractivity contribution in [3.8, 4) is 0 Å². The zero-order chi connectivity index (χ0) is 13.7. The number of rotatable bonds is 5. The molecule has 0 saturated heterocycles. The van der Waals surface area contributed by atoms with Crippen LogP contribution in [-0.2, 0) is 11.8 Å². The van der Waals surface area contributed by atoms with Crippen LogP contribution in [0, 0.1) is 0 Å². The smallest absolute Gasteiger partial charge is 0.323 e. The summed E-state index contributed by atoms with van der Waals surface area (Å²) in [4.78, 5) is 34.8. The molecular formula is C11H13N3O4. The Kier molecular flexibility index (Phi) is 4.36. The lowest BCUT2D eigenvalue weighted by molar-refractivity contribution is -0.137. The summed E-state index contributed by atoms with van der Waals surface area (Å²) in [6, 6.07) is 2.47. The second-order valence-corrected chi connectivity index (χ2v) is 3.55. The van der Waals surface area contributed by atoms with Gasteiger partial charge in [-0.2, -0.15) is 5.10 Å². The van der Waals surface area contributed by atoms with E-state index in [1.165, 1.54) is 25.3 Å². The quantitative estimate of drug-likeness (QED) is 0.712. The van der Waals surface area contributed by atoms with Crippen LogP contribution in [0.3, 0.4) is 0 Å². The van der Waals surface area contributed by atoms with Gasteiger partial charge in [0.05, 0.1) is 0 Å². The first-order chi connectivity index (χ1) is 8.45. The number of aryl methyl sites for hydroxylation is 1. The molecule has 1 aromatic heterocycles. The van der Waals surface area contributed by atoms with Gasteiger partial charge in [0.2, 0.25) is 0 Å². The van der Waals surface area contributed by atoms with E-state index in [-0.39, 0.29) is 17.8 Å². The van der Waals surface area contributed by atoms with Crippen LogP contribution in [0.5, 0.6) is 0 Å². The van der Waals surface area contributed by atoms with E-state index < -0.39 is 18.4 Å². The monoisotopic (exact) mass is 251 g/mol. The van der Waals surface area contributed by atoms with Gasteiger partial charge >= 0.3 is 5.97 Å². The summed E-state index contributed by atoms with van der Waals surface area (Å²) < 4.78 is 1.01. The average molecular weight is 251 g/mol. The second kappa shape index (κ2) is 5.76. The van der Waals surface area contributed by atoms with Crippen molar-refractivity contribution in [1.82, 2.24) is 14.7 Å². The highest BCUT2D eigenvalue weighted by atomic mass is 16.4. The largest absolute Gasteiger partial charge is 0.480 e. The fourth-order valence-electron chi connectivity index (χ4n) is 1.32. The number of carbonyl (C=O) groups is 2. The van der Waals surface area contributed by atoms with Crippen molar-refractivity contribution >= 4 is 11.9 Å². The lowest BCUT2D eigenvalue weighted by atomic mass is 10.3. The SMILES string of the molecule is C=CCN(CC(=O)O)C(=O)c1ccc(=O)n(C)n1. The maximum atomic E-state index is 12.0. The molecule has 7 nitrogen and oxygen atoms in total. The molecule has 0 aliphatic rings. The Morgan fingerprint density at radius 1 is 1.56 bits per heavy atom. The molecule has 0 aliphatic heterocycles. The van der Waals surface area contributed by atoms with Crippen molar-refractivity contribution in [2.24, 2.45) is 7.05 Å². The van der Waals surface area contributed by atoms with Crippen molar-refractivity contribution < 1.29 is 14.7 Å². The molecule has 18 heavy (non-hydrogen) atoms. The topological polar surface area (TPSA) is 92.5 Å². The van der Waals surface area contributed by atoms with Crippen molar-refractivity contribution in [2.45, 2.75) is 0 Å². The van der Waals surface area contributed by atoms with Crippen LogP contribution in [-0.4, -0.2) is 44.8 Å². The van der Waals surface area contributed by atoms with Crippen LogP contribution in [0.25, 0.3) is 0 Å². The molecule has 1 heterocycles. The van der Waals surface area contributed by atoms with Crippen LogP contribution >= 0.6 is 0 Å². The van der Waals surface area contributed by atoms with Gasteiger partial charge in [0, 0.05) is 19.7 Å². The fraction of sp³-hybridized carbons (Fsp3) is 0.273. The van der Waals surface area contributed by atoms with E-state index in [4.69, 9.17) is 5.11 Å². The van der Waals surface area contributed by atoms with Crippen LogP contribution in [0.15, 0.2) is 29.6 Å². The lowest BCUT2D eigenvalue weighted by Gasteiger charge is -2.18. The van der Waals surface area contributed by atoms with E-state index in [0.717, 1.165) is 9.58 Å².